The number of esters is 1. The van der Waals surface area contributed by atoms with Crippen LogP contribution in [0.3, 0.4) is 0 Å². The molecule has 6 heteroatoms. The summed E-state index contributed by atoms with van der Waals surface area (Å²) < 4.78 is 11.2. The summed E-state index contributed by atoms with van der Waals surface area (Å²) in [5.41, 5.74) is 0.744. The van der Waals surface area contributed by atoms with Gasteiger partial charge in [0.25, 0.3) is 5.91 Å². The van der Waals surface area contributed by atoms with Crippen LogP contribution in [0.1, 0.15) is 38.7 Å². The van der Waals surface area contributed by atoms with Gasteiger partial charge in [0.1, 0.15) is 5.75 Å². The van der Waals surface area contributed by atoms with Crippen LogP contribution in [0.2, 0.25) is 0 Å². The van der Waals surface area contributed by atoms with Crippen molar-refractivity contribution in [1.82, 2.24) is 5.32 Å². The Balaban J connectivity index is 1.83. The first-order valence-corrected chi connectivity index (χ1v) is 9.67. The number of halogens is 1. The van der Waals surface area contributed by atoms with Crippen molar-refractivity contribution in [2.45, 2.75) is 39.2 Å². The number of benzene rings is 1. The quantitative estimate of drug-likeness (QED) is 0.555. The highest BCUT2D eigenvalue weighted by Crippen LogP contribution is 2.29. The molecular weight excluding hydrogens is 398 g/mol. The van der Waals surface area contributed by atoms with E-state index in [1.165, 1.54) is 12.5 Å². The minimum atomic E-state index is -0.563. The second kappa shape index (κ2) is 9.76. The number of amides is 1. The van der Waals surface area contributed by atoms with Gasteiger partial charge in [0, 0.05) is 22.2 Å². The summed E-state index contributed by atoms with van der Waals surface area (Å²) in [5, 5.41) is 2.99. The Bertz CT molecular complexity index is 674. The molecule has 1 aliphatic rings. The van der Waals surface area contributed by atoms with Crippen molar-refractivity contribution < 1.29 is 19.1 Å². The molecule has 0 aromatic heterocycles. The maximum absolute atomic E-state index is 12.0. The maximum atomic E-state index is 12.0. The summed E-state index contributed by atoms with van der Waals surface area (Å²) in [6, 6.07) is 5.65. The topological polar surface area (TPSA) is 64.6 Å². The predicted molar refractivity (Wildman–Crippen MR) is 105 cm³/mol. The molecule has 1 saturated carbocycles. The van der Waals surface area contributed by atoms with Gasteiger partial charge in [-0.05, 0) is 42.5 Å². The molecule has 1 aliphatic carbocycles. The Labute approximate surface area is 163 Å². The van der Waals surface area contributed by atoms with Crippen LogP contribution < -0.4 is 10.1 Å². The third-order valence-electron chi connectivity index (χ3n) is 4.99. The normalized spacial score (nSPS) is 22.8. The van der Waals surface area contributed by atoms with E-state index < -0.39 is 5.97 Å². The summed E-state index contributed by atoms with van der Waals surface area (Å²) in [6.07, 6.45) is 6.20. The Morgan fingerprint density at radius 1 is 1.31 bits per heavy atom. The van der Waals surface area contributed by atoms with Crippen LogP contribution in [-0.2, 0) is 14.3 Å². The Morgan fingerprint density at radius 2 is 2.08 bits per heavy atom. The average molecular weight is 424 g/mol. The lowest BCUT2D eigenvalue weighted by Gasteiger charge is -2.34. The van der Waals surface area contributed by atoms with Gasteiger partial charge in [-0.25, -0.2) is 4.79 Å². The molecule has 3 atom stereocenters. The van der Waals surface area contributed by atoms with E-state index in [1.54, 1.807) is 19.3 Å². The zero-order valence-corrected chi connectivity index (χ0v) is 17.0. The van der Waals surface area contributed by atoms with Gasteiger partial charge in [-0.3, -0.25) is 4.79 Å². The number of nitrogens with one attached hydrogen (secondary N) is 1. The Hall–Kier alpha value is -1.82. The average Bonchev–Trinajstić information content (AvgIpc) is 2.62. The second-order valence-corrected chi connectivity index (χ2v) is 7.68. The fraction of sp³-hybridized carbons (Fsp3) is 0.500. The highest BCUT2D eigenvalue weighted by Gasteiger charge is 2.28. The van der Waals surface area contributed by atoms with Crippen LogP contribution in [-0.4, -0.2) is 31.6 Å². The van der Waals surface area contributed by atoms with E-state index in [1.807, 2.05) is 12.1 Å². The lowest BCUT2D eigenvalue weighted by molar-refractivity contribution is -0.144. The van der Waals surface area contributed by atoms with Gasteiger partial charge in [0.15, 0.2) is 6.61 Å². The lowest BCUT2D eigenvalue weighted by atomic mass is 9.78. The summed E-state index contributed by atoms with van der Waals surface area (Å²) >= 11 is 3.38. The number of ether oxygens (including phenoxy) is 2. The monoisotopic (exact) mass is 423 g/mol. The number of carbonyl (C=O) groups excluding carboxylic acids is 2. The van der Waals surface area contributed by atoms with Crippen molar-refractivity contribution >= 4 is 33.9 Å². The molecule has 1 amide bonds. The standard InChI is InChI=1S/C20H26BrNO4/c1-13-5-4-6-17(14(13)2)22-19(23)12-26-20(24)10-7-15-11-16(21)8-9-18(15)25-3/h7-11,13-14,17H,4-6,12H2,1-3H3,(H,22,23)/b10-7+/t13-,14-,17+/m1/s1. The lowest BCUT2D eigenvalue weighted by Crippen LogP contribution is -2.45. The number of hydrogen-bond donors (Lipinski definition) is 1. The first kappa shape index (κ1) is 20.5. The molecular formula is C20H26BrNO4. The van der Waals surface area contributed by atoms with E-state index in [4.69, 9.17) is 9.47 Å². The summed E-state index contributed by atoms with van der Waals surface area (Å²) in [7, 11) is 1.57. The summed E-state index contributed by atoms with van der Waals surface area (Å²) in [6.45, 7) is 4.11. The third-order valence-corrected chi connectivity index (χ3v) is 5.48. The van der Waals surface area contributed by atoms with Gasteiger partial charge in [-0.1, -0.05) is 42.6 Å². The minimum absolute atomic E-state index is 0.159. The van der Waals surface area contributed by atoms with E-state index in [2.05, 4.69) is 35.1 Å². The van der Waals surface area contributed by atoms with Crippen LogP contribution in [0, 0.1) is 11.8 Å². The SMILES string of the molecule is COc1ccc(Br)cc1/C=C/C(=O)OCC(=O)N[C@H]1CCC[C@@H](C)[C@H]1C. The fourth-order valence-corrected chi connectivity index (χ4v) is 3.59. The summed E-state index contributed by atoms with van der Waals surface area (Å²) in [4.78, 5) is 23.9. The van der Waals surface area contributed by atoms with Crippen LogP contribution in [0.5, 0.6) is 5.75 Å². The zero-order chi connectivity index (χ0) is 19.1. The van der Waals surface area contributed by atoms with Crippen molar-refractivity contribution in [2.24, 2.45) is 11.8 Å². The molecule has 0 bridgehead atoms. The third kappa shape index (κ3) is 5.87. The number of hydrogen-bond acceptors (Lipinski definition) is 4. The van der Waals surface area contributed by atoms with Crippen LogP contribution in [0.25, 0.3) is 6.08 Å². The van der Waals surface area contributed by atoms with Crippen LogP contribution in [0.15, 0.2) is 28.7 Å². The number of methoxy groups -OCH3 is 1. The van der Waals surface area contributed by atoms with Crippen molar-refractivity contribution in [3.63, 3.8) is 0 Å². The minimum Gasteiger partial charge on any atom is -0.496 e. The van der Waals surface area contributed by atoms with E-state index >= 15 is 0 Å². The Morgan fingerprint density at radius 3 is 2.81 bits per heavy atom. The Kier molecular flexibility index (Phi) is 7.69. The maximum Gasteiger partial charge on any atom is 0.331 e. The molecule has 0 unspecified atom stereocenters. The van der Waals surface area contributed by atoms with Gasteiger partial charge < -0.3 is 14.8 Å². The largest absolute Gasteiger partial charge is 0.496 e. The molecule has 142 valence electrons. The first-order valence-electron chi connectivity index (χ1n) is 8.88. The second-order valence-electron chi connectivity index (χ2n) is 6.77. The highest BCUT2D eigenvalue weighted by molar-refractivity contribution is 9.10. The molecule has 5 nitrogen and oxygen atoms in total. The molecule has 0 aliphatic heterocycles. The van der Waals surface area contributed by atoms with Crippen LogP contribution >= 0.6 is 15.9 Å². The van der Waals surface area contributed by atoms with Gasteiger partial charge in [-0.15, -0.1) is 0 Å². The molecule has 1 aromatic carbocycles. The predicted octanol–water partition coefficient (Wildman–Crippen LogP) is 3.96. The molecule has 2 rings (SSSR count). The zero-order valence-electron chi connectivity index (χ0n) is 15.5. The van der Waals surface area contributed by atoms with E-state index in [0.717, 1.165) is 22.9 Å². The first-order chi connectivity index (χ1) is 12.4. The van der Waals surface area contributed by atoms with Crippen molar-refractivity contribution in [1.29, 1.82) is 0 Å². The van der Waals surface area contributed by atoms with Gasteiger partial charge in [0.2, 0.25) is 0 Å². The van der Waals surface area contributed by atoms with Gasteiger partial charge in [0.05, 0.1) is 7.11 Å². The smallest absolute Gasteiger partial charge is 0.331 e. The van der Waals surface area contributed by atoms with Crippen molar-refractivity contribution in [3.05, 3.63) is 34.3 Å². The molecule has 0 radical (unpaired) electrons. The number of rotatable bonds is 6. The fourth-order valence-electron chi connectivity index (χ4n) is 3.21. The molecule has 1 fully saturated rings. The van der Waals surface area contributed by atoms with Crippen molar-refractivity contribution in [2.75, 3.05) is 13.7 Å². The molecule has 0 saturated heterocycles. The van der Waals surface area contributed by atoms with E-state index in [0.29, 0.717) is 17.6 Å². The summed E-state index contributed by atoms with van der Waals surface area (Å²) in [5.74, 6) is 0.868. The highest BCUT2D eigenvalue weighted by atomic mass is 79.9. The van der Waals surface area contributed by atoms with E-state index in [9.17, 15) is 9.59 Å². The molecule has 26 heavy (non-hydrogen) atoms. The van der Waals surface area contributed by atoms with E-state index in [-0.39, 0.29) is 18.6 Å². The molecule has 1 aromatic rings. The van der Waals surface area contributed by atoms with Crippen molar-refractivity contribution in [3.8, 4) is 5.75 Å². The number of carbonyl (C=O) groups is 2. The van der Waals surface area contributed by atoms with Gasteiger partial charge >= 0.3 is 5.97 Å². The molecule has 1 N–H and O–H groups in total. The van der Waals surface area contributed by atoms with Crippen LogP contribution in [0.4, 0.5) is 0 Å². The van der Waals surface area contributed by atoms with Gasteiger partial charge in [-0.2, -0.15) is 0 Å². The molecule has 0 spiro atoms. The molecule has 0 heterocycles.